The van der Waals surface area contributed by atoms with Crippen molar-refractivity contribution in [2.24, 2.45) is 0 Å². The zero-order chi connectivity index (χ0) is 14.9. The first-order valence-corrected chi connectivity index (χ1v) is 3.33. The molecular weight excluding hydrogens is 252 g/mol. The van der Waals surface area contributed by atoms with E-state index >= 15 is 0 Å². The maximum Gasteiger partial charge on any atom is 0.432 e. The Kier molecular flexibility index (Phi) is 35.7. The molecule has 0 aliphatic heterocycles. The monoisotopic (exact) mass is 265 g/mol. The van der Waals surface area contributed by atoms with Gasteiger partial charge in [-0.2, -0.15) is 0 Å². The number of hydroxylamine groups is 2. The maximum absolute atomic E-state index is 11.1. The largest absolute Gasteiger partial charge is 0.432 e. The van der Waals surface area contributed by atoms with Gasteiger partial charge in [-0.25, -0.2) is 0 Å². The number of halogens is 2. The van der Waals surface area contributed by atoms with E-state index < -0.39 is 39.6 Å². The number of hydrogen-bond acceptors (Lipinski definition) is 9. The average molecular weight is 265 g/mol. The second kappa shape index (κ2) is 24.3. The summed E-state index contributed by atoms with van der Waals surface area (Å²) in [5, 5.41) is 61.0. The lowest BCUT2D eigenvalue weighted by atomic mass is 10.5. The van der Waals surface area contributed by atoms with E-state index in [0.717, 1.165) is 0 Å². The maximum atomic E-state index is 11.1. The van der Waals surface area contributed by atoms with Crippen LogP contribution in [0.4, 0.5) is 8.96 Å². The third kappa shape index (κ3) is 51.7. The quantitative estimate of drug-likeness (QED) is 0.0671. The zero-order valence-electron chi connectivity index (χ0n) is 8.35. The van der Waals surface area contributed by atoms with Crippen LogP contribution in [0.5, 0.6) is 0 Å². The number of rotatable bonds is 0. The van der Waals surface area contributed by atoms with Gasteiger partial charge < -0.3 is 30.1 Å². The molecule has 0 amide bonds. The topological polar surface area (TPSA) is 192 Å². The van der Waals surface area contributed by atoms with Crippen molar-refractivity contribution in [1.82, 2.24) is 10.6 Å². The Labute approximate surface area is 95.6 Å². The van der Waals surface area contributed by atoms with E-state index in [4.69, 9.17) is 46.0 Å². The van der Waals surface area contributed by atoms with Crippen LogP contribution in [0, 0.1) is 5.41 Å². The molecule has 11 nitrogen and oxygen atoms in total. The summed E-state index contributed by atoms with van der Waals surface area (Å²) in [6, 6.07) is 0. The Morgan fingerprint density at radius 1 is 0.765 bits per heavy atom. The first-order valence-electron chi connectivity index (χ1n) is 3.33. The number of hydrogen-bond donors (Lipinski definition) is 9. The average Bonchev–Trinajstić information content (AvgIpc) is 2.19. The standard InChI is InChI=1S/CH3F2N3O2.3BH3O2/c2-5(7)1(4)6(3)8;3*2-1-3/h4,7-8H;3*1-3H. The van der Waals surface area contributed by atoms with Crippen molar-refractivity contribution in [2.45, 2.75) is 0 Å². The molecule has 0 aliphatic rings. The molecule has 0 heterocycles. The molecule has 0 atom stereocenters. The van der Waals surface area contributed by atoms with Crippen molar-refractivity contribution in [1.29, 1.82) is 5.41 Å². The fourth-order valence-corrected chi connectivity index (χ4v) is 0.0681. The van der Waals surface area contributed by atoms with Crippen LogP contribution in [0.25, 0.3) is 0 Å². The molecule has 0 aromatic heterocycles. The van der Waals surface area contributed by atoms with Gasteiger partial charge in [-0.1, -0.05) is 8.96 Å². The van der Waals surface area contributed by atoms with E-state index in [1.54, 1.807) is 0 Å². The number of nitrogens with zero attached hydrogens (tertiary/aromatic N) is 2. The Morgan fingerprint density at radius 2 is 0.882 bits per heavy atom. The Bertz CT molecular complexity index is 128. The number of guanidine groups is 1. The van der Waals surface area contributed by atoms with Gasteiger partial charge in [0.05, 0.1) is 0 Å². The smallest absolute Gasteiger partial charge is 0.430 e. The lowest BCUT2D eigenvalue weighted by molar-refractivity contribution is -0.240. The minimum atomic E-state index is -1.70. The van der Waals surface area contributed by atoms with Crippen LogP contribution in [0.3, 0.4) is 0 Å². The summed E-state index contributed by atoms with van der Waals surface area (Å²) in [6.45, 7) is 0. The molecule has 0 saturated heterocycles. The highest BCUT2D eigenvalue weighted by Gasteiger charge is 2.11. The molecule has 0 aliphatic carbocycles. The van der Waals surface area contributed by atoms with Gasteiger partial charge in [0, 0.05) is 0 Å². The van der Waals surface area contributed by atoms with Crippen molar-refractivity contribution in [3.63, 3.8) is 0 Å². The molecule has 0 rings (SSSR count). The van der Waals surface area contributed by atoms with E-state index in [-0.39, 0.29) is 0 Å². The minimum Gasteiger partial charge on any atom is -0.430 e. The predicted octanol–water partition coefficient (Wildman–Crippen LogP) is -5.21. The minimum absolute atomic E-state index is 0.750. The van der Waals surface area contributed by atoms with Gasteiger partial charge in [0.1, 0.15) is 0 Å². The van der Waals surface area contributed by atoms with Gasteiger partial charge >= 0.3 is 29.0 Å². The SMILES string of the molecule is N=C(N(O)F)N(O)F.OBO.OBO.OBO. The Hall–Kier alpha value is -0.995. The predicted molar refractivity (Wildman–Crippen MR) is 52.0 cm³/mol. The summed E-state index contributed by atoms with van der Waals surface area (Å²) in [5.41, 5.74) is 0. The molecule has 16 heteroatoms. The van der Waals surface area contributed by atoms with Crippen LogP contribution in [-0.2, 0) is 0 Å². The summed E-state index contributed by atoms with van der Waals surface area (Å²) in [4.78, 5) is 0. The highest BCUT2D eigenvalue weighted by Crippen LogP contribution is 1.89. The van der Waals surface area contributed by atoms with Gasteiger partial charge in [0.25, 0.3) is 0 Å². The molecule has 17 heavy (non-hydrogen) atoms. The highest BCUT2D eigenvalue weighted by atomic mass is 19.2. The molecule has 0 spiro atoms. The molecule has 9 N–H and O–H groups in total. The van der Waals surface area contributed by atoms with E-state index in [0.29, 0.717) is 0 Å². The van der Waals surface area contributed by atoms with Crippen molar-refractivity contribution in [3.8, 4) is 0 Å². The summed E-state index contributed by atoms with van der Waals surface area (Å²) in [6.07, 6.45) is 0. The van der Waals surface area contributed by atoms with Crippen molar-refractivity contribution < 1.29 is 49.5 Å². The van der Waals surface area contributed by atoms with Gasteiger partial charge in [0.15, 0.2) is 0 Å². The second-order valence-electron chi connectivity index (χ2n) is 1.27. The van der Waals surface area contributed by atoms with Crippen molar-refractivity contribution >= 4 is 29.0 Å². The normalized spacial score (nSPS) is 6.47. The van der Waals surface area contributed by atoms with Crippen molar-refractivity contribution in [2.75, 3.05) is 0 Å². The first kappa shape index (κ1) is 25.0. The zero-order valence-corrected chi connectivity index (χ0v) is 8.35. The highest BCUT2D eigenvalue weighted by molar-refractivity contribution is 6.13. The first-order chi connectivity index (χ1) is 7.80. The number of nitrogens with one attached hydrogen (secondary N) is 1. The summed E-state index contributed by atoms with van der Waals surface area (Å²) in [7, 11) is -2.25. The van der Waals surface area contributed by atoms with Gasteiger partial charge in [-0.05, 0) is 10.6 Å². The summed E-state index contributed by atoms with van der Waals surface area (Å²) in [5.74, 6) is -1.70. The second-order valence-corrected chi connectivity index (χ2v) is 1.27. The van der Waals surface area contributed by atoms with Gasteiger partial charge in [-0.15, -0.1) is 0 Å². The third-order valence-electron chi connectivity index (χ3n) is 0.350. The molecule has 0 unspecified atom stereocenters. The molecular formula is CH12B3F2N3O8. The van der Waals surface area contributed by atoms with Crippen molar-refractivity contribution in [3.05, 3.63) is 0 Å². The van der Waals surface area contributed by atoms with Crippen LogP contribution in [0.15, 0.2) is 0 Å². The van der Waals surface area contributed by atoms with Crippen LogP contribution < -0.4 is 0 Å². The Morgan fingerprint density at radius 3 is 0.882 bits per heavy atom. The lowest BCUT2D eigenvalue weighted by Gasteiger charge is -2.06. The Balaban J connectivity index is -0.0000000784. The van der Waals surface area contributed by atoms with E-state index in [2.05, 4.69) is 0 Å². The fraction of sp³-hybridized carbons (Fsp3) is 0. The lowest BCUT2D eigenvalue weighted by Crippen LogP contribution is -2.29. The molecule has 0 aromatic rings. The third-order valence-corrected chi connectivity index (χ3v) is 0.350. The molecule has 0 radical (unpaired) electrons. The van der Waals surface area contributed by atoms with Crippen LogP contribution in [0.1, 0.15) is 0 Å². The van der Waals surface area contributed by atoms with E-state index in [9.17, 15) is 8.96 Å². The van der Waals surface area contributed by atoms with Gasteiger partial charge in [-0.3, -0.25) is 15.8 Å². The molecule has 0 aromatic carbocycles. The molecule has 0 fully saturated rings. The molecule has 0 bridgehead atoms. The van der Waals surface area contributed by atoms with E-state index in [1.807, 2.05) is 0 Å². The van der Waals surface area contributed by atoms with Crippen LogP contribution in [-0.4, -0.2) is 80.1 Å². The summed E-state index contributed by atoms with van der Waals surface area (Å²) >= 11 is 0. The fourth-order valence-electron chi connectivity index (χ4n) is 0.0681. The summed E-state index contributed by atoms with van der Waals surface area (Å²) < 4.78 is 22.1. The molecule has 0 saturated carbocycles. The van der Waals surface area contributed by atoms with Crippen LogP contribution >= 0.6 is 0 Å². The molecule has 102 valence electrons. The van der Waals surface area contributed by atoms with Crippen LogP contribution in [0.2, 0.25) is 0 Å². The van der Waals surface area contributed by atoms with Gasteiger partial charge in [0.2, 0.25) is 0 Å². The van der Waals surface area contributed by atoms with E-state index in [1.165, 1.54) is 0 Å².